The van der Waals surface area contributed by atoms with E-state index in [1.54, 1.807) is 0 Å². The van der Waals surface area contributed by atoms with E-state index in [4.69, 9.17) is 5.21 Å². The second kappa shape index (κ2) is 7.82. The Morgan fingerprint density at radius 1 is 1.63 bits per heavy atom. The number of nitrogens with zero attached hydrogens (tertiary/aromatic N) is 2. The maximum Gasteiger partial charge on any atom is 0.305 e. The second-order valence-corrected chi connectivity index (χ2v) is 3.54. The van der Waals surface area contributed by atoms with Crippen LogP contribution in [0.1, 0.15) is 30.7 Å². The van der Waals surface area contributed by atoms with Crippen molar-refractivity contribution in [2.75, 3.05) is 7.11 Å². The van der Waals surface area contributed by atoms with E-state index in [1.807, 2.05) is 0 Å². The normalized spacial score (nSPS) is 10.0. The highest BCUT2D eigenvalue weighted by atomic mass is 19.1. The lowest BCUT2D eigenvalue weighted by atomic mass is 10.2. The molecular weight excluding hydrogens is 251 g/mol. The molecule has 0 aliphatic heterocycles. The fourth-order valence-corrected chi connectivity index (χ4v) is 1.25. The Bertz CT molecular complexity index is 532. The van der Waals surface area contributed by atoms with E-state index >= 15 is 0 Å². The van der Waals surface area contributed by atoms with Crippen LogP contribution in [0.25, 0.3) is 0 Å². The molecule has 0 fully saturated rings. The maximum absolute atomic E-state index is 13.2. The fraction of sp³-hybridized carbons (Fsp3) is 0.308. The van der Waals surface area contributed by atoms with Crippen LogP contribution in [0, 0.1) is 17.7 Å². The van der Waals surface area contributed by atoms with E-state index in [9.17, 15) is 9.18 Å². The Labute approximate surface area is 110 Å². The van der Waals surface area contributed by atoms with E-state index < -0.39 is 5.82 Å². The summed E-state index contributed by atoms with van der Waals surface area (Å²) in [6, 6.07) is 2.62. The molecule has 5 nitrogen and oxygen atoms in total. The first-order chi connectivity index (χ1) is 9.17. The van der Waals surface area contributed by atoms with Crippen molar-refractivity contribution in [1.29, 1.82) is 0 Å². The van der Waals surface area contributed by atoms with Crippen molar-refractivity contribution in [3.63, 3.8) is 0 Å². The van der Waals surface area contributed by atoms with Crippen molar-refractivity contribution in [3.05, 3.63) is 29.3 Å². The molecule has 0 bridgehead atoms. The number of ether oxygens (including phenoxy) is 1. The van der Waals surface area contributed by atoms with E-state index in [0.717, 1.165) is 6.21 Å². The van der Waals surface area contributed by atoms with Crippen LogP contribution in [-0.4, -0.2) is 29.5 Å². The SMILES string of the molecule is COC(=O)CCCC#Cc1ccc(F)c(/C=N\O)n1. The molecule has 1 aromatic heterocycles. The second-order valence-electron chi connectivity index (χ2n) is 3.54. The molecule has 100 valence electrons. The molecule has 0 aromatic carbocycles. The molecular formula is C13H13FN2O3. The maximum atomic E-state index is 13.2. The van der Waals surface area contributed by atoms with Crippen molar-refractivity contribution < 1.29 is 19.1 Å². The van der Waals surface area contributed by atoms with Gasteiger partial charge in [-0.1, -0.05) is 11.1 Å². The smallest absolute Gasteiger partial charge is 0.305 e. The van der Waals surface area contributed by atoms with Gasteiger partial charge in [0.2, 0.25) is 0 Å². The quantitative estimate of drug-likeness (QED) is 0.224. The summed E-state index contributed by atoms with van der Waals surface area (Å²) in [5.74, 6) is 4.70. The number of halogens is 1. The van der Waals surface area contributed by atoms with Crippen molar-refractivity contribution >= 4 is 12.2 Å². The first kappa shape index (κ1) is 14.6. The standard InChI is InChI=1S/C13H13FN2O3/c1-19-13(17)6-4-2-3-5-10-7-8-11(14)12(16-10)9-15-18/h7-9,18H,2,4,6H2,1H3/b15-9-. The number of hydrogen-bond donors (Lipinski definition) is 1. The summed E-state index contributed by atoms with van der Waals surface area (Å²) in [4.78, 5) is 14.7. The number of hydrogen-bond acceptors (Lipinski definition) is 5. The van der Waals surface area contributed by atoms with Crippen LogP contribution in [-0.2, 0) is 9.53 Å². The summed E-state index contributed by atoms with van der Waals surface area (Å²) in [7, 11) is 1.33. The zero-order valence-electron chi connectivity index (χ0n) is 10.4. The highest BCUT2D eigenvalue weighted by Gasteiger charge is 2.01. The van der Waals surface area contributed by atoms with Gasteiger partial charge in [0.05, 0.1) is 13.3 Å². The summed E-state index contributed by atoms with van der Waals surface area (Å²) in [6.45, 7) is 0. The fourth-order valence-electron chi connectivity index (χ4n) is 1.25. The summed E-state index contributed by atoms with van der Waals surface area (Å²) >= 11 is 0. The first-order valence-electron chi connectivity index (χ1n) is 5.57. The number of unbranched alkanes of at least 4 members (excludes halogenated alkanes) is 1. The number of carbonyl (C=O) groups excluding carboxylic acids is 1. The molecule has 0 radical (unpaired) electrons. The predicted octanol–water partition coefficient (Wildman–Crippen LogP) is 1.72. The highest BCUT2D eigenvalue weighted by Crippen LogP contribution is 2.03. The lowest BCUT2D eigenvalue weighted by molar-refractivity contribution is -0.140. The van der Waals surface area contributed by atoms with Gasteiger partial charge in [-0.05, 0) is 24.5 Å². The molecule has 1 heterocycles. The van der Waals surface area contributed by atoms with Crippen LogP contribution in [0.15, 0.2) is 17.3 Å². The number of rotatable bonds is 4. The van der Waals surface area contributed by atoms with Crippen LogP contribution < -0.4 is 0 Å². The predicted molar refractivity (Wildman–Crippen MR) is 66.3 cm³/mol. The Hall–Kier alpha value is -2.42. The third-order valence-electron chi connectivity index (χ3n) is 2.18. The number of aromatic nitrogens is 1. The van der Waals surface area contributed by atoms with Gasteiger partial charge >= 0.3 is 5.97 Å². The average molecular weight is 264 g/mol. The topological polar surface area (TPSA) is 71.8 Å². The van der Waals surface area contributed by atoms with Gasteiger partial charge < -0.3 is 9.94 Å². The van der Waals surface area contributed by atoms with Gasteiger partial charge in [0.1, 0.15) is 11.4 Å². The van der Waals surface area contributed by atoms with E-state index in [0.29, 0.717) is 25.0 Å². The van der Waals surface area contributed by atoms with Crippen LogP contribution in [0.4, 0.5) is 4.39 Å². The third-order valence-corrected chi connectivity index (χ3v) is 2.18. The minimum Gasteiger partial charge on any atom is -0.469 e. The summed E-state index contributed by atoms with van der Waals surface area (Å²) in [6.07, 6.45) is 2.31. The number of carbonyl (C=O) groups is 1. The highest BCUT2D eigenvalue weighted by molar-refractivity contribution is 5.76. The molecule has 6 heteroatoms. The average Bonchev–Trinajstić information content (AvgIpc) is 2.41. The molecule has 1 N–H and O–H groups in total. The molecule has 0 atom stereocenters. The molecule has 0 aliphatic carbocycles. The molecule has 0 unspecified atom stereocenters. The van der Waals surface area contributed by atoms with Crippen molar-refractivity contribution in [2.24, 2.45) is 5.16 Å². The van der Waals surface area contributed by atoms with Gasteiger partial charge in [0.15, 0.2) is 5.82 Å². The molecule has 0 saturated heterocycles. The Kier molecular flexibility index (Phi) is 6.03. The third kappa shape index (κ3) is 5.17. The van der Waals surface area contributed by atoms with Gasteiger partial charge in [-0.2, -0.15) is 0 Å². The van der Waals surface area contributed by atoms with Gasteiger partial charge in [-0.15, -0.1) is 0 Å². The number of pyridine rings is 1. The first-order valence-corrected chi connectivity index (χ1v) is 5.57. The van der Waals surface area contributed by atoms with Crippen LogP contribution in [0.2, 0.25) is 0 Å². The Morgan fingerprint density at radius 2 is 2.42 bits per heavy atom. The van der Waals surface area contributed by atoms with E-state index in [-0.39, 0.29) is 11.7 Å². The largest absolute Gasteiger partial charge is 0.469 e. The monoisotopic (exact) mass is 264 g/mol. The van der Waals surface area contributed by atoms with Crippen LogP contribution in [0.3, 0.4) is 0 Å². The number of esters is 1. The van der Waals surface area contributed by atoms with Crippen LogP contribution >= 0.6 is 0 Å². The molecule has 0 spiro atoms. The van der Waals surface area contributed by atoms with Crippen molar-refractivity contribution in [1.82, 2.24) is 4.98 Å². The molecule has 0 amide bonds. The van der Waals surface area contributed by atoms with Crippen LogP contribution in [0.5, 0.6) is 0 Å². The lowest BCUT2D eigenvalue weighted by Gasteiger charge is -1.96. The number of methoxy groups -OCH3 is 1. The minimum atomic E-state index is -0.589. The summed E-state index contributed by atoms with van der Waals surface area (Å²) in [5.41, 5.74) is 0.290. The van der Waals surface area contributed by atoms with Gasteiger partial charge in [0.25, 0.3) is 0 Å². The van der Waals surface area contributed by atoms with Crippen molar-refractivity contribution in [3.8, 4) is 11.8 Å². The minimum absolute atomic E-state index is 0.0798. The number of oxime groups is 1. The van der Waals surface area contributed by atoms with E-state index in [2.05, 4.69) is 26.7 Å². The molecule has 1 aromatic rings. The molecule has 0 aliphatic rings. The Balaban J connectivity index is 2.58. The van der Waals surface area contributed by atoms with Crippen molar-refractivity contribution in [2.45, 2.75) is 19.3 Å². The molecule has 19 heavy (non-hydrogen) atoms. The lowest BCUT2D eigenvalue weighted by Crippen LogP contribution is -1.98. The van der Waals surface area contributed by atoms with E-state index in [1.165, 1.54) is 19.2 Å². The van der Waals surface area contributed by atoms with Gasteiger partial charge in [0, 0.05) is 12.8 Å². The molecule has 1 rings (SSSR count). The Morgan fingerprint density at radius 3 is 3.11 bits per heavy atom. The zero-order chi connectivity index (χ0) is 14.1. The van der Waals surface area contributed by atoms with Gasteiger partial charge in [-0.3, -0.25) is 4.79 Å². The molecule has 0 saturated carbocycles. The summed E-state index contributed by atoms with van der Waals surface area (Å²) in [5, 5.41) is 11.1. The van der Waals surface area contributed by atoms with Gasteiger partial charge in [-0.25, -0.2) is 9.37 Å². The summed E-state index contributed by atoms with van der Waals surface area (Å²) < 4.78 is 17.7. The zero-order valence-corrected chi connectivity index (χ0v) is 10.4.